The molecule has 2 fully saturated rings. The van der Waals surface area contributed by atoms with E-state index in [4.69, 9.17) is 10.1 Å². The predicted octanol–water partition coefficient (Wildman–Crippen LogP) is 2.12. The van der Waals surface area contributed by atoms with Gasteiger partial charge >= 0.3 is 0 Å². The Morgan fingerprint density at radius 1 is 1.21 bits per heavy atom. The Hall–Kier alpha value is -3.79. The molecular weight excluding hydrogens is 432 g/mol. The lowest BCUT2D eigenvalue weighted by Crippen LogP contribution is -2.50. The molecule has 5 heterocycles. The maximum absolute atomic E-state index is 12.4. The fourth-order valence-electron chi connectivity index (χ4n) is 4.44. The van der Waals surface area contributed by atoms with Gasteiger partial charge in [0.25, 0.3) is 5.56 Å². The van der Waals surface area contributed by atoms with Crippen LogP contribution in [0.15, 0.2) is 41.6 Å². The molecule has 1 aliphatic heterocycles. The number of anilines is 2. The van der Waals surface area contributed by atoms with Crippen molar-refractivity contribution in [2.45, 2.75) is 25.8 Å². The number of carbonyl (C=O) groups excluding carboxylic acids is 1. The highest BCUT2D eigenvalue weighted by atomic mass is 16.2. The third-order valence-electron chi connectivity index (χ3n) is 6.87. The van der Waals surface area contributed by atoms with Gasteiger partial charge in [0.15, 0.2) is 11.5 Å². The van der Waals surface area contributed by atoms with Crippen LogP contribution in [0.3, 0.4) is 0 Å². The van der Waals surface area contributed by atoms with Gasteiger partial charge < -0.3 is 20.1 Å². The van der Waals surface area contributed by atoms with Crippen LogP contribution in [0.4, 0.5) is 11.5 Å². The fraction of sp³-hybridized carbons (Fsp3) is 0.375. The number of aromatic amines is 1. The van der Waals surface area contributed by atoms with E-state index in [1.165, 1.54) is 6.20 Å². The number of hydrogen-bond donors (Lipinski definition) is 2. The molecule has 4 aromatic heterocycles. The zero-order valence-corrected chi connectivity index (χ0v) is 19.2. The van der Waals surface area contributed by atoms with E-state index in [-0.39, 0.29) is 17.4 Å². The standard InChI is InChI=1S/C24H26N8O2/c1-14-12-31(8-7-30(14)2)16-5-6-21-28-22(29-32(21)13-16)18-10-26-24(34)19-11-25-20(9-17(18)19)27-23(33)15-3-4-15/h5-6,9-11,13-15H,3-4,7-8,12H2,1-2H3,(H,26,34)(H,25,27,33)/t14-/m1/s1. The van der Waals surface area contributed by atoms with Crippen molar-refractivity contribution in [3.63, 3.8) is 0 Å². The van der Waals surface area contributed by atoms with Crippen molar-refractivity contribution in [1.82, 2.24) is 29.5 Å². The molecule has 2 aliphatic rings. The van der Waals surface area contributed by atoms with E-state index < -0.39 is 0 Å². The minimum absolute atomic E-state index is 0.0325. The molecule has 6 rings (SSSR count). The van der Waals surface area contributed by atoms with Crippen molar-refractivity contribution in [1.29, 1.82) is 0 Å². The molecule has 0 aromatic carbocycles. The van der Waals surface area contributed by atoms with Crippen LogP contribution < -0.4 is 15.8 Å². The number of nitrogens with zero attached hydrogens (tertiary/aromatic N) is 6. The Kier molecular flexibility index (Phi) is 4.84. The fourth-order valence-corrected chi connectivity index (χ4v) is 4.44. The quantitative estimate of drug-likeness (QED) is 0.482. The molecule has 0 bridgehead atoms. The molecular formula is C24H26N8O2. The molecule has 0 spiro atoms. The first-order valence-corrected chi connectivity index (χ1v) is 11.6. The second-order valence-corrected chi connectivity index (χ2v) is 9.31. The van der Waals surface area contributed by atoms with Crippen molar-refractivity contribution in [2.75, 3.05) is 36.9 Å². The highest BCUT2D eigenvalue weighted by Crippen LogP contribution is 2.31. The van der Waals surface area contributed by atoms with Crippen LogP contribution >= 0.6 is 0 Å². The summed E-state index contributed by atoms with van der Waals surface area (Å²) in [5, 5.41) is 8.64. The summed E-state index contributed by atoms with van der Waals surface area (Å²) in [6.45, 7) is 5.16. The molecule has 2 N–H and O–H groups in total. The Labute approximate surface area is 195 Å². The van der Waals surface area contributed by atoms with Crippen LogP contribution in [-0.4, -0.2) is 68.1 Å². The number of H-pyrrole nitrogens is 1. The van der Waals surface area contributed by atoms with Gasteiger partial charge in [-0.15, -0.1) is 5.10 Å². The average molecular weight is 459 g/mol. The molecule has 1 atom stereocenters. The van der Waals surface area contributed by atoms with Crippen molar-refractivity contribution >= 4 is 33.8 Å². The monoisotopic (exact) mass is 458 g/mol. The minimum Gasteiger partial charge on any atom is -0.367 e. The zero-order chi connectivity index (χ0) is 23.4. The highest BCUT2D eigenvalue weighted by Gasteiger charge is 2.30. The average Bonchev–Trinajstić information content (AvgIpc) is 3.60. The van der Waals surface area contributed by atoms with E-state index in [1.807, 2.05) is 12.3 Å². The number of piperazine rings is 1. The molecule has 0 unspecified atom stereocenters. The van der Waals surface area contributed by atoms with Gasteiger partial charge in [-0.2, -0.15) is 0 Å². The third kappa shape index (κ3) is 3.69. The van der Waals surface area contributed by atoms with Gasteiger partial charge in [0.05, 0.1) is 17.3 Å². The van der Waals surface area contributed by atoms with Crippen LogP contribution in [0.5, 0.6) is 0 Å². The third-order valence-corrected chi connectivity index (χ3v) is 6.87. The summed E-state index contributed by atoms with van der Waals surface area (Å²) in [6.07, 6.45) is 6.92. The minimum atomic E-state index is -0.249. The molecule has 174 valence electrons. The van der Waals surface area contributed by atoms with Crippen LogP contribution in [0.25, 0.3) is 27.8 Å². The predicted molar refractivity (Wildman–Crippen MR) is 130 cm³/mol. The smallest absolute Gasteiger partial charge is 0.257 e. The maximum Gasteiger partial charge on any atom is 0.257 e. The summed E-state index contributed by atoms with van der Waals surface area (Å²) >= 11 is 0. The summed E-state index contributed by atoms with van der Waals surface area (Å²) in [6, 6.07) is 6.24. The Morgan fingerprint density at radius 2 is 2.06 bits per heavy atom. The number of fused-ring (bicyclic) bond motifs is 2. The van der Waals surface area contributed by atoms with Crippen LogP contribution in [0.1, 0.15) is 19.8 Å². The molecule has 0 radical (unpaired) electrons. The summed E-state index contributed by atoms with van der Waals surface area (Å²) in [7, 11) is 2.15. The van der Waals surface area contributed by atoms with Crippen LogP contribution in [-0.2, 0) is 4.79 Å². The van der Waals surface area contributed by atoms with Crippen LogP contribution in [0.2, 0.25) is 0 Å². The molecule has 1 amide bonds. The first-order chi connectivity index (χ1) is 16.5. The zero-order valence-electron chi connectivity index (χ0n) is 19.2. The van der Waals surface area contributed by atoms with Gasteiger partial charge in [-0.1, -0.05) is 0 Å². The van der Waals surface area contributed by atoms with Crippen molar-refractivity contribution in [3.05, 3.63) is 47.1 Å². The molecule has 34 heavy (non-hydrogen) atoms. The molecule has 1 saturated heterocycles. The maximum atomic E-state index is 12.4. The second kappa shape index (κ2) is 7.91. The number of likely N-dealkylation sites (N-methyl/N-ethyl adjacent to an activating group) is 1. The van der Waals surface area contributed by atoms with Crippen molar-refractivity contribution in [2.24, 2.45) is 5.92 Å². The van der Waals surface area contributed by atoms with E-state index >= 15 is 0 Å². The first kappa shape index (κ1) is 20.8. The summed E-state index contributed by atoms with van der Waals surface area (Å²) in [5.41, 5.74) is 2.25. The van der Waals surface area contributed by atoms with E-state index in [1.54, 1.807) is 16.8 Å². The van der Waals surface area contributed by atoms with Gasteiger partial charge in [0.2, 0.25) is 5.91 Å². The first-order valence-electron chi connectivity index (χ1n) is 11.6. The van der Waals surface area contributed by atoms with E-state index in [2.05, 4.69) is 45.1 Å². The summed E-state index contributed by atoms with van der Waals surface area (Å²) < 4.78 is 1.78. The van der Waals surface area contributed by atoms with Gasteiger partial charge in [0.1, 0.15) is 5.82 Å². The second-order valence-electron chi connectivity index (χ2n) is 9.31. The number of pyridine rings is 3. The summed E-state index contributed by atoms with van der Waals surface area (Å²) in [4.78, 5) is 41.1. The number of nitrogens with one attached hydrogen (secondary N) is 2. The molecule has 4 aromatic rings. The molecule has 10 nitrogen and oxygen atoms in total. The highest BCUT2D eigenvalue weighted by molar-refractivity contribution is 5.98. The van der Waals surface area contributed by atoms with Gasteiger partial charge in [-0.3, -0.25) is 9.59 Å². The number of aromatic nitrogens is 5. The lowest BCUT2D eigenvalue weighted by atomic mass is 10.1. The Bertz CT molecular complexity index is 1470. The number of carbonyl (C=O) groups is 1. The number of hydrogen-bond acceptors (Lipinski definition) is 7. The van der Waals surface area contributed by atoms with Crippen molar-refractivity contribution < 1.29 is 4.79 Å². The van der Waals surface area contributed by atoms with Crippen LogP contribution in [0, 0.1) is 5.92 Å². The summed E-state index contributed by atoms with van der Waals surface area (Å²) in [5.74, 6) is 0.950. The Morgan fingerprint density at radius 3 is 2.85 bits per heavy atom. The van der Waals surface area contributed by atoms with Gasteiger partial charge in [-0.25, -0.2) is 14.5 Å². The SMILES string of the molecule is C[C@@H]1CN(c2ccc3nc(-c4c[nH]c(=O)c5cnc(NC(=O)C6CC6)cc45)nn3c2)CCN1C. The Balaban J connectivity index is 1.38. The van der Waals surface area contributed by atoms with E-state index in [0.29, 0.717) is 34.0 Å². The van der Waals surface area contributed by atoms with E-state index in [0.717, 1.165) is 43.8 Å². The van der Waals surface area contributed by atoms with Gasteiger partial charge in [-0.05, 0) is 45.0 Å². The normalized spacial score (nSPS) is 19.1. The van der Waals surface area contributed by atoms with E-state index in [9.17, 15) is 9.59 Å². The molecule has 1 saturated carbocycles. The lowest BCUT2D eigenvalue weighted by molar-refractivity contribution is -0.117. The number of amides is 1. The molecule has 1 aliphatic carbocycles. The lowest BCUT2D eigenvalue weighted by Gasteiger charge is -2.38. The topological polar surface area (TPSA) is 112 Å². The largest absolute Gasteiger partial charge is 0.367 e. The number of rotatable bonds is 4. The molecule has 10 heteroatoms. The van der Waals surface area contributed by atoms with Gasteiger partial charge in [0, 0.05) is 54.9 Å². The van der Waals surface area contributed by atoms with Crippen molar-refractivity contribution in [3.8, 4) is 11.4 Å².